The van der Waals surface area contributed by atoms with Crippen molar-refractivity contribution in [3.8, 4) is 0 Å². The fourth-order valence-corrected chi connectivity index (χ4v) is 0.797. The zero-order chi connectivity index (χ0) is 9.14. The van der Waals surface area contributed by atoms with Gasteiger partial charge in [0.1, 0.15) is 0 Å². The van der Waals surface area contributed by atoms with Crippen LogP contribution < -0.4 is 5.49 Å². The van der Waals surface area contributed by atoms with Gasteiger partial charge in [0.15, 0.2) is 11.2 Å². The van der Waals surface area contributed by atoms with Gasteiger partial charge in [-0.15, -0.1) is 16.6 Å². The lowest BCUT2D eigenvalue weighted by Crippen LogP contribution is -2.18. The third kappa shape index (κ3) is 1.38. The third-order valence-corrected chi connectivity index (χ3v) is 1.48. The van der Waals surface area contributed by atoms with Crippen molar-refractivity contribution in [2.45, 2.75) is 5.88 Å². The van der Waals surface area contributed by atoms with Crippen LogP contribution in [0.15, 0.2) is 6.20 Å². The Balaban J connectivity index is 3.42. The number of hydrogen-bond acceptors (Lipinski definition) is 3. The maximum absolute atomic E-state index is 9.03. The van der Waals surface area contributed by atoms with Gasteiger partial charge >= 0.3 is 5.82 Å². The summed E-state index contributed by atoms with van der Waals surface area (Å²) in [4.78, 5) is 6.67. The second-order valence-electron chi connectivity index (χ2n) is 1.99. The number of halogens is 1. The van der Waals surface area contributed by atoms with Crippen molar-refractivity contribution in [2.24, 2.45) is 0 Å². The second kappa shape index (κ2) is 3.24. The van der Waals surface area contributed by atoms with E-state index in [2.05, 4.69) is 9.83 Å². The standard InChI is InChI=1S/C6H5ClN4O/c1-9-6-5(8)11(12)3-4(2-7)10-6/h3,8,12H,2H2. The molecule has 0 saturated heterocycles. The van der Waals surface area contributed by atoms with E-state index in [1.807, 2.05) is 0 Å². The van der Waals surface area contributed by atoms with Crippen LogP contribution in [0.5, 0.6) is 0 Å². The van der Waals surface area contributed by atoms with E-state index in [0.717, 1.165) is 0 Å². The van der Waals surface area contributed by atoms with Crippen molar-refractivity contribution in [1.82, 2.24) is 9.71 Å². The normalized spacial score (nSPS) is 9.33. The molecule has 0 atom stereocenters. The minimum absolute atomic E-state index is 0.101. The minimum Gasteiger partial charge on any atom is -0.428 e. The van der Waals surface area contributed by atoms with Crippen molar-refractivity contribution >= 4 is 17.4 Å². The lowest BCUT2D eigenvalue weighted by atomic mass is 10.5. The van der Waals surface area contributed by atoms with Gasteiger partial charge in [0, 0.05) is 0 Å². The second-order valence-corrected chi connectivity index (χ2v) is 2.26. The number of hydrogen-bond donors (Lipinski definition) is 2. The van der Waals surface area contributed by atoms with Gasteiger partial charge < -0.3 is 10.1 Å². The maximum Gasteiger partial charge on any atom is 0.315 e. The summed E-state index contributed by atoms with van der Waals surface area (Å²) in [6.45, 7) is 6.63. The number of aromatic nitrogens is 2. The van der Waals surface area contributed by atoms with Gasteiger partial charge in [-0.1, -0.05) is 6.57 Å². The first-order valence-electron chi connectivity index (χ1n) is 2.99. The smallest absolute Gasteiger partial charge is 0.315 e. The Kier molecular flexibility index (Phi) is 2.31. The van der Waals surface area contributed by atoms with E-state index >= 15 is 0 Å². The molecule has 0 spiro atoms. The van der Waals surface area contributed by atoms with E-state index in [0.29, 0.717) is 10.4 Å². The summed E-state index contributed by atoms with van der Waals surface area (Å²) in [7, 11) is 0. The highest BCUT2D eigenvalue weighted by atomic mass is 35.5. The summed E-state index contributed by atoms with van der Waals surface area (Å²) in [5.41, 5.74) is 0.0278. The molecule has 0 aliphatic rings. The van der Waals surface area contributed by atoms with Crippen LogP contribution in [0.2, 0.25) is 0 Å². The van der Waals surface area contributed by atoms with Crippen molar-refractivity contribution in [3.63, 3.8) is 0 Å². The first-order valence-corrected chi connectivity index (χ1v) is 3.52. The summed E-state index contributed by atoms with van der Waals surface area (Å²) in [6, 6.07) is 0. The summed E-state index contributed by atoms with van der Waals surface area (Å²) < 4.78 is 0.526. The zero-order valence-corrected chi connectivity index (χ0v) is 6.71. The summed E-state index contributed by atoms with van der Waals surface area (Å²) in [5, 5.41) is 16.2. The summed E-state index contributed by atoms with van der Waals surface area (Å²) >= 11 is 5.43. The van der Waals surface area contributed by atoms with E-state index in [-0.39, 0.29) is 17.2 Å². The van der Waals surface area contributed by atoms with E-state index in [1.165, 1.54) is 6.20 Å². The van der Waals surface area contributed by atoms with Crippen LogP contribution in [-0.4, -0.2) is 14.9 Å². The van der Waals surface area contributed by atoms with Gasteiger partial charge in [-0.05, 0) is 0 Å². The molecule has 0 bridgehead atoms. The van der Waals surface area contributed by atoms with Gasteiger partial charge in [-0.3, -0.25) is 5.41 Å². The topological polar surface area (TPSA) is 66.3 Å². The van der Waals surface area contributed by atoms with Gasteiger partial charge in [-0.2, -0.15) is 4.73 Å². The minimum atomic E-state index is -0.334. The average molecular weight is 185 g/mol. The summed E-state index contributed by atoms with van der Waals surface area (Å²) in [6.07, 6.45) is 1.20. The monoisotopic (exact) mass is 184 g/mol. The molecule has 0 amide bonds. The molecule has 0 aliphatic carbocycles. The van der Waals surface area contributed by atoms with Crippen LogP contribution in [0.25, 0.3) is 4.85 Å². The Morgan fingerprint density at radius 3 is 3.00 bits per heavy atom. The SMILES string of the molecule is [C-]#[N+]c1nc(CCl)cn(O)c1=N. The molecule has 1 rings (SSSR count). The number of rotatable bonds is 1. The molecule has 1 aromatic rings. The molecule has 5 nitrogen and oxygen atoms in total. The number of nitrogens with zero attached hydrogens (tertiary/aromatic N) is 3. The van der Waals surface area contributed by atoms with Crippen LogP contribution in [-0.2, 0) is 5.88 Å². The third-order valence-electron chi connectivity index (χ3n) is 1.20. The van der Waals surface area contributed by atoms with E-state index in [9.17, 15) is 0 Å². The quantitative estimate of drug-likeness (QED) is 0.387. The molecule has 12 heavy (non-hydrogen) atoms. The highest BCUT2D eigenvalue weighted by molar-refractivity contribution is 6.16. The fraction of sp³-hybridized carbons (Fsp3) is 0.167. The van der Waals surface area contributed by atoms with Crippen LogP contribution in [0, 0.1) is 12.0 Å². The van der Waals surface area contributed by atoms with E-state index in [1.54, 1.807) is 0 Å². The highest BCUT2D eigenvalue weighted by Gasteiger charge is 2.05. The van der Waals surface area contributed by atoms with Crippen molar-refractivity contribution < 1.29 is 5.21 Å². The predicted octanol–water partition coefficient (Wildman–Crippen LogP) is 0.889. The number of alkyl halides is 1. The first-order chi connectivity index (χ1) is 5.69. The molecule has 1 heterocycles. The Labute approximate surface area is 73.1 Å². The molecular weight excluding hydrogens is 180 g/mol. The van der Waals surface area contributed by atoms with Crippen LogP contribution >= 0.6 is 11.6 Å². The zero-order valence-electron chi connectivity index (χ0n) is 5.95. The highest BCUT2D eigenvalue weighted by Crippen LogP contribution is 2.03. The largest absolute Gasteiger partial charge is 0.428 e. The molecule has 62 valence electrons. The lowest BCUT2D eigenvalue weighted by Gasteiger charge is -1.98. The molecule has 0 saturated carbocycles. The van der Waals surface area contributed by atoms with Crippen molar-refractivity contribution in [2.75, 3.05) is 0 Å². The van der Waals surface area contributed by atoms with Gasteiger partial charge in [0.2, 0.25) is 0 Å². The Morgan fingerprint density at radius 2 is 2.50 bits per heavy atom. The maximum atomic E-state index is 9.03. The molecule has 2 N–H and O–H groups in total. The van der Waals surface area contributed by atoms with Crippen LogP contribution in [0.3, 0.4) is 0 Å². The molecule has 0 radical (unpaired) electrons. The number of nitrogens with one attached hydrogen (secondary N) is 1. The predicted molar refractivity (Wildman–Crippen MR) is 41.1 cm³/mol. The average Bonchev–Trinajstić information content (AvgIpc) is 2.09. The molecule has 0 aromatic carbocycles. The molecular formula is C6H5ClN4O. The summed E-state index contributed by atoms with van der Waals surface area (Å²) in [5.74, 6) is -0.0562. The van der Waals surface area contributed by atoms with Gasteiger partial charge in [0.25, 0.3) is 0 Å². The molecule has 6 heteroatoms. The first kappa shape index (κ1) is 8.56. The van der Waals surface area contributed by atoms with E-state index < -0.39 is 0 Å². The molecule has 0 aliphatic heterocycles. The van der Waals surface area contributed by atoms with Crippen LogP contribution in [0.1, 0.15) is 5.69 Å². The Bertz CT molecular complexity index is 392. The Hall–Kier alpha value is -1.54. The van der Waals surface area contributed by atoms with Crippen molar-refractivity contribution in [3.05, 3.63) is 28.8 Å². The van der Waals surface area contributed by atoms with Gasteiger partial charge in [0.05, 0.1) is 12.1 Å². The molecule has 1 aromatic heterocycles. The van der Waals surface area contributed by atoms with Crippen LogP contribution in [0.4, 0.5) is 5.82 Å². The van der Waals surface area contributed by atoms with E-state index in [4.69, 9.17) is 28.8 Å². The van der Waals surface area contributed by atoms with Gasteiger partial charge in [-0.25, -0.2) is 0 Å². The van der Waals surface area contributed by atoms with Crippen molar-refractivity contribution in [1.29, 1.82) is 5.41 Å². The fourth-order valence-electron chi connectivity index (χ4n) is 0.668. The lowest BCUT2D eigenvalue weighted by molar-refractivity contribution is 0.169. The Morgan fingerprint density at radius 1 is 1.83 bits per heavy atom. The molecule has 0 fully saturated rings. The molecule has 0 unspecified atom stereocenters.